The predicted molar refractivity (Wildman–Crippen MR) is 327 cm³/mol. The van der Waals surface area contributed by atoms with Gasteiger partial charge in [-0.05, 0) is 79.2 Å². The fourth-order valence-electron chi connectivity index (χ4n) is 10.3. The van der Waals surface area contributed by atoms with E-state index in [2.05, 4.69) is 45.1 Å². The molecule has 28 heteroatoms. The van der Waals surface area contributed by atoms with Crippen molar-refractivity contribution in [1.29, 1.82) is 0 Å². The van der Waals surface area contributed by atoms with Crippen LogP contribution in [0.15, 0.2) is 91.6 Å². The number of hydrogen-bond acceptors (Lipinski definition) is 17. The highest BCUT2D eigenvalue weighted by Crippen LogP contribution is 2.29. The number of benzene rings is 2. The van der Waals surface area contributed by atoms with E-state index in [0.717, 1.165) is 16.3 Å². The lowest BCUT2D eigenvalue weighted by molar-refractivity contribution is -0.141. The first kappa shape index (κ1) is 72.5. The van der Waals surface area contributed by atoms with Crippen molar-refractivity contribution in [3.63, 3.8) is 0 Å². The normalized spacial score (nSPS) is 18.2. The van der Waals surface area contributed by atoms with E-state index in [0.29, 0.717) is 37.8 Å². The molecular formula is C60H84N10O17S. The van der Waals surface area contributed by atoms with Crippen LogP contribution in [0.3, 0.4) is 0 Å². The summed E-state index contributed by atoms with van der Waals surface area (Å²) in [7, 11) is 0. The van der Waals surface area contributed by atoms with E-state index in [4.69, 9.17) is 5.11 Å². The average molecular weight is 1250 g/mol. The number of urea groups is 1. The van der Waals surface area contributed by atoms with Gasteiger partial charge in [-0.15, -0.1) is 0 Å². The zero-order valence-electron chi connectivity index (χ0n) is 49.4. The maximum atomic E-state index is 13.9. The molecule has 2 aromatic rings. The summed E-state index contributed by atoms with van der Waals surface area (Å²) < 4.78 is 9.62. The number of carbonyl (C=O) groups is 11. The van der Waals surface area contributed by atoms with E-state index in [1.165, 1.54) is 12.2 Å². The summed E-state index contributed by atoms with van der Waals surface area (Å²) in [6, 6.07) is 7.25. The summed E-state index contributed by atoms with van der Waals surface area (Å²) in [4.78, 5) is 145. The van der Waals surface area contributed by atoms with E-state index >= 15 is 0 Å². The molecule has 1 aliphatic carbocycles. The molecule has 0 radical (unpaired) electrons. The van der Waals surface area contributed by atoms with E-state index in [1.807, 2.05) is 47.4 Å². The zero-order valence-corrected chi connectivity index (χ0v) is 50.2. The number of allylic oxidation sites excluding steroid dienone is 5. The van der Waals surface area contributed by atoms with Gasteiger partial charge in [-0.1, -0.05) is 86.0 Å². The molecule has 0 aromatic heterocycles. The monoisotopic (exact) mass is 1250 g/mol. The molecule has 482 valence electrons. The van der Waals surface area contributed by atoms with Gasteiger partial charge in [-0.2, -0.15) is 0 Å². The Labute approximate surface area is 515 Å². The fourth-order valence-corrected chi connectivity index (χ4v) is 10.5. The molecule has 0 bridgehead atoms. The lowest BCUT2D eigenvalue weighted by atomic mass is 9.81. The molecule has 0 unspecified atom stereocenters. The van der Waals surface area contributed by atoms with Crippen molar-refractivity contribution in [2.45, 2.75) is 94.8 Å². The molecule has 12 N–H and O–H groups in total. The smallest absolute Gasteiger partial charge is 0.326 e. The average Bonchev–Trinajstić information content (AvgIpc) is 2.48. The molecular weight excluding hydrogens is 1160 g/mol. The van der Waals surface area contributed by atoms with Crippen LogP contribution in [0.2, 0.25) is 0 Å². The summed E-state index contributed by atoms with van der Waals surface area (Å²) in [6.45, 7) is 8.47. The summed E-state index contributed by atoms with van der Waals surface area (Å²) in [5, 5.41) is 64.7. The van der Waals surface area contributed by atoms with Crippen LogP contribution in [0.1, 0.15) is 69.8 Å². The third-order valence-electron chi connectivity index (χ3n) is 15.1. The van der Waals surface area contributed by atoms with Crippen molar-refractivity contribution in [3.8, 4) is 0 Å². The van der Waals surface area contributed by atoms with Crippen molar-refractivity contribution >= 4 is 87.4 Å². The molecule has 88 heavy (non-hydrogen) atoms. The first-order chi connectivity index (χ1) is 42.0. The molecule has 1 aliphatic heterocycles. The Morgan fingerprint density at radius 1 is 0.591 bits per heavy atom. The van der Waals surface area contributed by atoms with Crippen molar-refractivity contribution in [2.24, 2.45) is 11.8 Å². The predicted octanol–water partition coefficient (Wildman–Crippen LogP) is 2.00. The molecule has 4 atom stereocenters. The first-order valence-electron chi connectivity index (χ1n) is 29.2. The third kappa shape index (κ3) is 27.8. The molecule has 6 amide bonds. The van der Waals surface area contributed by atoms with Crippen molar-refractivity contribution in [2.75, 3.05) is 91.6 Å². The lowest BCUT2D eigenvalue weighted by Gasteiger charge is -2.33. The van der Waals surface area contributed by atoms with Crippen LogP contribution in [-0.4, -0.2) is 230 Å². The molecule has 2 aromatic carbocycles. The summed E-state index contributed by atoms with van der Waals surface area (Å²) >= 11 is -0.0148. The largest absolute Gasteiger partial charge is 0.481 e. The van der Waals surface area contributed by atoms with Gasteiger partial charge in [-0.3, -0.25) is 58.0 Å². The number of nitrogens with one attached hydrogen (secondary N) is 6. The van der Waals surface area contributed by atoms with Crippen molar-refractivity contribution in [3.05, 3.63) is 97.1 Å². The Balaban J connectivity index is 1.32. The van der Waals surface area contributed by atoms with E-state index in [-0.39, 0.29) is 147 Å². The quantitative estimate of drug-likeness (QED) is 0.0271. The van der Waals surface area contributed by atoms with Crippen molar-refractivity contribution in [1.82, 2.24) is 51.5 Å². The highest BCUT2D eigenvalue weighted by atomic mass is 32.2. The number of fused-ring (bicyclic) bond motifs is 1. The number of carbonyl (C=O) groups excluding carboxylic acids is 6. The summed E-state index contributed by atoms with van der Waals surface area (Å²) in [6.07, 6.45) is 9.83. The highest BCUT2D eigenvalue weighted by molar-refractivity contribution is 8.08. The minimum absolute atomic E-state index is 0.0148. The topological polar surface area (TPSA) is 394 Å². The second-order valence-corrected chi connectivity index (χ2v) is 22.4. The second-order valence-electron chi connectivity index (χ2n) is 21.8. The molecule has 2 fully saturated rings. The number of aliphatic carboxylic acids is 5. The SMILES string of the molecule is C=C/C=C\C(=C/C=C)C[C@H](NC(=O)CN1CCN(CC(=O)O)CCN(CC(=O)NCC2CCC(C(=O)N[C@@H](Cc3ccc4ccccc4c3)C(=O)NCCCC[C@H](NC(=O)N[C@@H](CCC(=O)O)C(=O)O)C(=O)O)CC2)CCN(CC(=O)O)CC1)C(=O)SO. The second kappa shape index (κ2) is 39.0. The number of rotatable bonds is 34. The molecule has 1 saturated carbocycles. The molecule has 27 nitrogen and oxygen atoms in total. The molecule has 4 rings (SSSR count). The Morgan fingerprint density at radius 3 is 1.68 bits per heavy atom. The third-order valence-corrected chi connectivity index (χ3v) is 15.5. The van der Waals surface area contributed by atoms with E-state index in [9.17, 15) is 77.7 Å². The minimum atomic E-state index is -1.56. The standard InChI is InChI=1S/C60H84N10O17S/c1-3-5-11-40(10-4-2)33-49(59(85)88-87)63-51(72)37-68-26-30-69(38-53(75)76)28-24-67(25-29-70(31-27-68)39-54(77)78)36-50(71)62-35-41-15-19-44(20-16-41)55(79)64-48(34-42-17-18-43-12-6-7-13-45(43)32-42)56(80)61-23-9-8-14-46(57(81)82)65-60(86)66-47(58(83)84)21-22-52(73)74/h3-7,10-13,17-18,32,41,44,46-49,87H,1-2,8-9,14-16,19-31,33-39H2,(H,61,80)(H,62,71)(H,63,72)(H,64,79)(H,73,74)(H,75,76)(H,77,78)(H,81,82)(H,83,84)(H2,65,66,86)/b11-5-,40-10+/t41?,44?,46-,47-,48-,49-/m0/s1. The number of hydrogen-bond donors (Lipinski definition) is 12. The molecule has 1 heterocycles. The van der Waals surface area contributed by atoms with Crippen LogP contribution in [0, 0.1) is 11.8 Å². The van der Waals surface area contributed by atoms with Crippen LogP contribution in [-0.2, 0) is 54.4 Å². The number of carboxylic acid groups (broad SMARTS) is 5. The van der Waals surface area contributed by atoms with Gasteiger partial charge in [0.1, 0.15) is 24.2 Å². The number of carboxylic acids is 5. The number of nitrogens with zero attached hydrogens (tertiary/aromatic N) is 4. The van der Waals surface area contributed by atoms with Crippen LogP contribution in [0.5, 0.6) is 0 Å². The fraction of sp³-hybridized carbons (Fsp3) is 0.517. The Bertz CT molecular complexity index is 2780. The van der Waals surface area contributed by atoms with Gasteiger partial charge in [0, 0.05) is 90.6 Å². The summed E-state index contributed by atoms with van der Waals surface area (Å²) in [5.41, 5.74) is 1.42. The van der Waals surface area contributed by atoms with Gasteiger partial charge in [0.2, 0.25) is 28.7 Å². The number of amides is 6. The molecule has 0 spiro atoms. The highest BCUT2D eigenvalue weighted by Gasteiger charge is 2.32. The van der Waals surface area contributed by atoms with Crippen molar-refractivity contribution < 1.29 is 82.8 Å². The van der Waals surface area contributed by atoms with Gasteiger partial charge >= 0.3 is 35.9 Å². The van der Waals surface area contributed by atoms with Gasteiger partial charge in [0.15, 0.2) is 0 Å². The van der Waals surface area contributed by atoms with Crippen LogP contribution in [0.25, 0.3) is 10.8 Å². The molecule has 1 saturated heterocycles. The Morgan fingerprint density at radius 2 is 1.15 bits per heavy atom. The molecule has 2 aliphatic rings. The van der Waals surface area contributed by atoms with Gasteiger partial charge in [0.25, 0.3) is 0 Å². The zero-order chi connectivity index (χ0) is 64.5. The van der Waals surface area contributed by atoms with Crippen LogP contribution >= 0.6 is 12.0 Å². The lowest BCUT2D eigenvalue weighted by Crippen LogP contribution is -2.51. The van der Waals surface area contributed by atoms with E-state index < -0.39 is 95.7 Å². The minimum Gasteiger partial charge on any atom is -0.481 e. The first-order valence-corrected chi connectivity index (χ1v) is 30.0. The maximum Gasteiger partial charge on any atom is 0.326 e. The van der Waals surface area contributed by atoms with Crippen LogP contribution < -0.4 is 31.9 Å². The Hall–Kier alpha value is -8.02. The number of unbranched alkanes of at least 4 members (excludes halogenated alkanes) is 1. The van der Waals surface area contributed by atoms with E-state index in [1.54, 1.807) is 32.9 Å². The maximum absolute atomic E-state index is 13.9. The Kier molecular flexibility index (Phi) is 32.1. The van der Waals surface area contributed by atoms with Gasteiger partial charge < -0.3 is 62.0 Å². The summed E-state index contributed by atoms with van der Waals surface area (Å²) in [5.74, 6) is -8.36. The van der Waals surface area contributed by atoms with Gasteiger partial charge in [-0.25, -0.2) is 14.4 Å². The van der Waals surface area contributed by atoms with Crippen LogP contribution in [0.4, 0.5) is 4.79 Å². The van der Waals surface area contributed by atoms with Gasteiger partial charge in [0.05, 0.1) is 38.2 Å².